The van der Waals surface area contributed by atoms with Gasteiger partial charge in [-0.3, -0.25) is 4.79 Å². The summed E-state index contributed by atoms with van der Waals surface area (Å²) in [6, 6.07) is 0. The van der Waals surface area contributed by atoms with Crippen molar-refractivity contribution in [2.75, 3.05) is 0 Å². The van der Waals surface area contributed by atoms with Gasteiger partial charge in [0.05, 0.1) is 6.10 Å². The molecule has 0 bridgehead atoms. The molecule has 3 fully saturated rings. The molecule has 0 saturated heterocycles. The monoisotopic (exact) mass is 346 g/mol. The molecular weight excluding hydrogens is 312 g/mol. The molecule has 0 aromatic heterocycles. The fraction of sp³-hybridized carbons (Fsp3) is 0.864. The number of aliphatic hydroxyl groups excluding tert-OH is 1. The summed E-state index contributed by atoms with van der Waals surface area (Å²) in [4.78, 5) is 12.4. The maximum absolute atomic E-state index is 12.4. The Balaban J connectivity index is 1.74. The minimum Gasteiger partial charge on any atom is -0.393 e. The third-order valence-electron chi connectivity index (χ3n) is 9.12. The fourth-order valence-corrected chi connectivity index (χ4v) is 7.60. The van der Waals surface area contributed by atoms with Gasteiger partial charge < -0.3 is 10.2 Å². The Kier molecular flexibility index (Phi) is 3.84. The maximum atomic E-state index is 12.4. The van der Waals surface area contributed by atoms with E-state index in [0.29, 0.717) is 17.8 Å². The van der Waals surface area contributed by atoms with Crippen LogP contribution in [-0.2, 0) is 4.79 Å². The van der Waals surface area contributed by atoms with Gasteiger partial charge >= 0.3 is 0 Å². The smallest absolute Gasteiger partial charge is 0.162 e. The molecule has 0 aromatic carbocycles. The summed E-state index contributed by atoms with van der Waals surface area (Å²) in [7, 11) is 0. The van der Waals surface area contributed by atoms with Gasteiger partial charge in [0.15, 0.2) is 5.78 Å². The van der Waals surface area contributed by atoms with Crippen LogP contribution >= 0.6 is 0 Å². The lowest BCUT2D eigenvalue weighted by atomic mass is 9.48. The van der Waals surface area contributed by atoms with Crippen molar-refractivity contribution in [1.82, 2.24) is 0 Å². The highest BCUT2D eigenvalue weighted by atomic mass is 16.3. The predicted molar refractivity (Wildman–Crippen MR) is 97.9 cm³/mol. The van der Waals surface area contributed by atoms with E-state index in [9.17, 15) is 15.0 Å². The van der Waals surface area contributed by atoms with Crippen molar-refractivity contribution in [1.29, 1.82) is 0 Å². The first-order chi connectivity index (χ1) is 11.6. The van der Waals surface area contributed by atoms with Gasteiger partial charge in [-0.2, -0.15) is 0 Å². The number of aliphatic hydroxyl groups is 2. The zero-order chi connectivity index (χ0) is 18.2. The summed E-state index contributed by atoms with van der Waals surface area (Å²) in [5, 5.41) is 21.5. The molecule has 0 unspecified atom stereocenters. The molecule has 0 aliphatic heterocycles. The molecule has 0 radical (unpaired) electrons. The number of rotatable bonds is 1. The van der Waals surface area contributed by atoms with E-state index in [2.05, 4.69) is 26.8 Å². The second-order valence-electron chi connectivity index (χ2n) is 10.1. The molecule has 0 amide bonds. The first kappa shape index (κ1) is 17.7. The van der Waals surface area contributed by atoms with E-state index in [4.69, 9.17) is 0 Å². The molecule has 2 N–H and O–H groups in total. The van der Waals surface area contributed by atoms with Crippen molar-refractivity contribution >= 4 is 5.78 Å². The summed E-state index contributed by atoms with van der Waals surface area (Å²) in [5.41, 5.74) is 0.298. The molecule has 4 rings (SSSR count). The summed E-state index contributed by atoms with van der Waals surface area (Å²) < 4.78 is 0. The highest BCUT2D eigenvalue weighted by Gasteiger charge is 2.66. The molecule has 0 aromatic rings. The minimum absolute atomic E-state index is 0.0338. The maximum Gasteiger partial charge on any atom is 0.162 e. The lowest BCUT2D eigenvalue weighted by molar-refractivity contribution is -0.156. The third-order valence-corrected chi connectivity index (χ3v) is 9.12. The number of carbonyl (C=O) groups excluding carboxylic acids is 1. The third kappa shape index (κ3) is 2.09. The molecule has 3 nitrogen and oxygen atoms in total. The van der Waals surface area contributed by atoms with Gasteiger partial charge in [0.25, 0.3) is 0 Å². The Morgan fingerprint density at radius 1 is 1.20 bits per heavy atom. The molecule has 140 valence electrons. The van der Waals surface area contributed by atoms with Crippen molar-refractivity contribution in [3.05, 3.63) is 11.6 Å². The SMILES string of the molecule is CC(=O)[C@]1(O)[C@H](C)C[C@@H]2[C@@H]3CC[C@@H]4C[C@H](O)CC[C@@]4(C)C3=CC[C@]21C. The number of ketones is 1. The second kappa shape index (κ2) is 5.42. The van der Waals surface area contributed by atoms with Gasteiger partial charge in [0, 0.05) is 5.41 Å². The Bertz CT molecular complexity index is 625. The lowest BCUT2D eigenvalue weighted by Gasteiger charge is -2.57. The zero-order valence-corrected chi connectivity index (χ0v) is 16.2. The van der Waals surface area contributed by atoms with Crippen molar-refractivity contribution in [2.45, 2.75) is 84.3 Å². The molecule has 4 aliphatic rings. The Labute approximate surface area is 151 Å². The van der Waals surface area contributed by atoms with Crippen LogP contribution in [0.3, 0.4) is 0 Å². The normalized spacial score (nSPS) is 55.0. The zero-order valence-electron chi connectivity index (χ0n) is 16.2. The quantitative estimate of drug-likeness (QED) is 0.709. The summed E-state index contributed by atoms with van der Waals surface area (Å²) in [6.45, 7) is 8.22. The molecular formula is C22H34O3. The Morgan fingerprint density at radius 2 is 1.92 bits per heavy atom. The number of hydrogen-bond donors (Lipinski definition) is 2. The van der Waals surface area contributed by atoms with Crippen LogP contribution in [0.4, 0.5) is 0 Å². The van der Waals surface area contributed by atoms with Crippen LogP contribution in [-0.4, -0.2) is 27.7 Å². The van der Waals surface area contributed by atoms with Gasteiger partial charge in [-0.15, -0.1) is 0 Å². The molecule has 0 spiro atoms. The van der Waals surface area contributed by atoms with Crippen LogP contribution in [0.2, 0.25) is 0 Å². The number of allylic oxidation sites excluding steroid dienone is 2. The molecule has 3 saturated carbocycles. The lowest BCUT2D eigenvalue weighted by Crippen LogP contribution is -2.56. The van der Waals surface area contributed by atoms with Crippen molar-refractivity contribution in [2.24, 2.45) is 34.5 Å². The van der Waals surface area contributed by atoms with Crippen molar-refractivity contribution in [3.8, 4) is 0 Å². The Morgan fingerprint density at radius 3 is 2.60 bits per heavy atom. The first-order valence-corrected chi connectivity index (χ1v) is 10.3. The van der Waals surface area contributed by atoms with E-state index >= 15 is 0 Å². The standard InChI is InChI=1S/C22H34O3/c1-13-11-19-17-6-5-15-12-16(24)7-9-20(15,3)18(17)8-10-21(19,4)22(13,25)14(2)23/h8,13,15-17,19,24-25H,5-7,9-12H2,1-4H3/t13-,15-,16-,17-,19-,20-,21-,22-/m1/s1. The van der Waals surface area contributed by atoms with Crippen molar-refractivity contribution < 1.29 is 15.0 Å². The molecule has 8 atom stereocenters. The van der Waals surface area contributed by atoms with Crippen LogP contribution in [0.5, 0.6) is 0 Å². The predicted octanol–water partition coefficient (Wildman–Crippen LogP) is 3.88. The van der Waals surface area contributed by atoms with E-state index in [1.807, 2.05) is 0 Å². The fourth-order valence-electron chi connectivity index (χ4n) is 7.60. The van der Waals surface area contributed by atoms with Crippen molar-refractivity contribution in [3.63, 3.8) is 0 Å². The average Bonchev–Trinajstić information content (AvgIpc) is 2.77. The average molecular weight is 347 g/mol. The molecule has 25 heavy (non-hydrogen) atoms. The van der Waals surface area contributed by atoms with E-state index in [1.54, 1.807) is 12.5 Å². The van der Waals surface area contributed by atoms with Crippen LogP contribution in [0.25, 0.3) is 0 Å². The van der Waals surface area contributed by atoms with Crippen LogP contribution < -0.4 is 0 Å². The molecule has 3 heteroatoms. The largest absolute Gasteiger partial charge is 0.393 e. The van der Waals surface area contributed by atoms with Gasteiger partial charge in [-0.25, -0.2) is 0 Å². The van der Waals surface area contributed by atoms with E-state index in [-0.39, 0.29) is 28.6 Å². The molecule has 4 aliphatic carbocycles. The number of fused-ring (bicyclic) bond motifs is 5. The van der Waals surface area contributed by atoms with Gasteiger partial charge in [-0.1, -0.05) is 32.4 Å². The first-order valence-electron chi connectivity index (χ1n) is 10.3. The summed E-state index contributed by atoms with van der Waals surface area (Å²) in [6.07, 6.45) is 9.30. The highest BCUT2D eigenvalue weighted by molar-refractivity contribution is 5.86. The Hall–Kier alpha value is -0.670. The highest BCUT2D eigenvalue weighted by Crippen LogP contribution is 2.67. The number of Topliss-reactive ketones (excluding diaryl/α,β-unsaturated/α-hetero) is 1. The van der Waals surface area contributed by atoms with Crippen LogP contribution in [0.1, 0.15) is 72.6 Å². The summed E-state index contributed by atoms with van der Waals surface area (Å²) >= 11 is 0. The topological polar surface area (TPSA) is 57.5 Å². The van der Waals surface area contributed by atoms with Gasteiger partial charge in [0.2, 0.25) is 0 Å². The van der Waals surface area contributed by atoms with Crippen LogP contribution in [0.15, 0.2) is 11.6 Å². The minimum atomic E-state index is -1.18. The number of hydrogen-bond acceptors (Lipinski definition) is 3. The van der Waals surface area contributed by atoms with E-state index in [1.165, 1.54) is 6.42 Å². The van der Waals surface area contributed by atoms with E-state index in [0.717, 1.165) is 38.5 Å². The number of carbonyl (C=O) groups is 1. The van der Waals surface area contributed by atoms with Gasteiger partial charge in [0.1, 0.15) is 5.60 Å². The van der Waals surface area contributed by atoms with E-state index < -0.39 is 5.60 Å². The van der Waals surface area contributed by atoms with Crippen LogP contribution in [0, 0.1) is 34.5 Å². The summed E-state index contributed by atoms with van der Waals surface area (Å²) in [5.74, 6) is 1.48. The molecule has 0 heterocycles. The second-order valence-corrected chi connectivity index (χ2v) is 10.1. The van der Waals surface area contributed by atoms with Gasteiger partial charge in [-0.05, 0) is 81.0 Å².